The molecule has 0 aliphatic carbocycles. The Hall–Kier alpha value is -0.310. The van der Waals surface area contributed by atoms with Gasteiger partial charge in [-0.2, -0.15) is 5.26 Å². The fourth-order valence-corrected chi connectivity index (χ4v) is 1.49. The van der Waals surface area contributed by atoms with Crippen LogP contribution in [0.5, 0.6) is 0 Å². The van der Waals surface area contributed by atoms with Crippen LogP contribution in [0.3, 0.4) is 0 Å². The van der Waals surface area contributed by atoms with Crippen LogP contribution in [0.25, 0.3) is 0 Å². The summed E-state index contributed by atoms with van der Waals surface area (Å²) < 4.78 is 6.92. The summed E-state index contributed by atoms with van der Waals surface area (Å²) in [6.45, 7) is 1.33. The molecule has 0 bridgehead atoms. The van der Waals surface area contributed by atoms with Crippen LogP contribution < -0.4 is 5.32 Å². The van der Waals surface area contributed by atoms with Crippen molar-refractivity contribution >= 4 is 31.9 Å². The molecular formula is C8H8Br2N2O. The zero-order valence-electron chi connectivity index (χ0n) is 6.81. The lowest BCUT2D eigenvalue weighted by atomic mass is 10.4. The Bertz CT molecular complexity index is 297. The van der Waals surface area contributed by atoms with Crippen LogP contribution in [-0.4, -0.2) is 6.54 Å². The van der Waals surface area contributed by atoms with Crippen LogP contribution in [0.15, 0.2) is 19.6 Å². The lowest BCUT2D eigenvalue weighted by Crippen LogP contribution is -2.13. The van der Waals surface area contributed by atoms with Crippen molar-refractivity contribution in [2.75, 3.05) is 6.54 Å². The number of nitrogens with zero attached hydrogens (tertiary/aromatic N) is 1. The summed E-state index contributed by atoms with van der Waals surface area (Å²) in [5.41, 5.74) is 0. The van der Waals surface area contributed by atoms with Gasteiger partial charge in [-0.25, -0.2) is 0 Å². The van der Waals surface area contributed by atoms with Gasteiger partial charge in [0.25, 0.3) is 0 Å². The maximum absolute atomic E-state index is 8.28. The third-order valence-corrected chi connectivity index (χ3v) is 3.12. The first-order valence-electron chi connectivity index (χ1n) is 3.75. The van der Waals surface area contributed by atoms with Crippen LogP contribution in [0, 0.1) is 11.3 Å². The van der Waals surface area contributed by atoms with Crippen LogP contribution in [-0.2, 0) is 6.54 Å². The fraction of sp³-hybridized carbons (Fsp3) is 0.375. The van der Waals surface area contributed by atoms with Crippen molar-refractivity contribution in [2.24, 2.45) is 0 Å². The minimum Gasteiger partial charge on any atom is -0.452 e. The monoisotopic (exact) mass is 306 g/mol. The zero-order valence-corrected chi connectivity index (χ0v) is 9.98. The Balaban J connectivity index is 2.34. The average molecular weight is 308 g/mol. The highest BCUT2D eigenvalue weighted by molar-refractivity contribution is 9.13. The van der Waals surface area contributed by atoms with Crippen LogP contribution in [0.4, 0.5) is 0 Å². The van der Waals surface area contributed by atoms with E-state index in [1.165, 1.54) is 0 Å². The molecule has 13 heavy (non-hydrogen) atoms. The molecule has 0 saturated heterocycles. The highest BCUT2D eigenvalue weighted by Gasteiger charge is 2.04. The van der Waals surface area contributed by atoms with E-state index in [0.29, 0.717) is 24.2 Å². The van der Waals surface area contributed by atoms with Gasteiger partial charge >= 0.3 is 0 Å². The van der Waals surface area contributed by atoms with E-state index in [9.17, 15) is 0 Å². The van der Waals surface area contributed by atoms with E-state index >= 15 is 0 Å². The van der Waals surface area contributed by atoms with Gasteiger partial charge in [0, 0.05) is 13.0 Å². The normalized spacial score (nSPS) is 9.92. The fourth-order valence-electron chi connectivity index (χ4n) is 0.834. The Kier molecular flexibility index (Phi) is 4.50. The first kappa shape index (κ1) is 10.8. The highest BCUT2D eigenvalue weighted by atomic mass is 79.9. The Morgan fingerprint density at radius 1 is 1.54 bits per heavy atom. The predicted molar refractivity (Wildman–Crippen MR) is 56.0 cm³/mol. The van der Waals surface area contributed by atoms with Gasteiger partial charge in [0.1, 0.15) is 5.76 Å². The summed E-state index contributed by atoms with van der Waals surface area (Å²) in [5.74, 6) is 0.844. The number of rotatable bonds is 4. The number of hydrogen-bond donors (Lipinski definition) is 1. The molecule has 0 aliphatic rings. The minimum absolute atomic E-state index is 0.517. The first-order chi connectivity index (χ1) is 6.24. The van der Waals surface area contributed by atoms with Gasteiger partial charge in [-0.3, -0.25) is 0 Å². The van der Waals surface area contributed by atoms with Crippen molar-refractivity contribution in [3.63, 3.8) is 0 Å². The summed E-state index contributed by atoms with van der Waals surface area (Å²) >= 11 is 6.56. The topological polar surface area (TPSA) is 49.0 Å². The summed E-state index contributed by atoms with van der Waals surface area (Å²) in [4.78, 5) is 0. The second-order valence-electron chi connectivity index (χ2n) is 2.42. The van der Waals surface area contributed by atoms with E-state index in [-0.39, 0.29) is 0 Å². The third kappa shape index (κ3) is 3.51. The van der Waals surface area contributed by atoms with Gasteiger partial charge in [-0.15, -0.1) is 0 Å². The lowest BCUT2D eigenvalue weighted by Gasteiger charge is -1.96. The molecule has 0 aliphatic heterocycles. The quantitative estimate of drug-likeness (QED) is 0.870. The number of hydrogen-bond acceptors (Lipinski definition) is 3. The van der Waals surface area contributed by atoms with E-state index in [1.54, 1.807) is 0 Å². The molecule has 0 spiro atoms. The molecule has 1 aromatic rings. The van der Waals surface area contributed by atoms with Gasteiger partial charge in [0.05, 0.1) is 17.1 Å². The van der Waals surface area contributed by atoms with Gasteiger partial charge in [0.15, 0.2) is 4.67 Å². The predicted octanol–water partition coefficient (Wildman–Crippen LogP) is 2.81. The molecule has 1 heterocycles. The molecule has 0 atom stereocenters. The molecule has 1 rings (SSSR count). The largest absolute Gasteiger partial charge is 0.452 e. The molecule has 0 fully saturated rings. The molecule has 0 aromatic carbocycles. The molecule has 1 N–H and O–H groups in total. The average Bonchev–Trinajstić information content (AvgIpc) is 2.41. The number of furan rings is 1. The molecule has 5 heteroatoms. The first-order valence-corrected chi connectivity index (χ1v) is 5.34. The Morgan fingerprint density at radius 3 is 2.85 bits per heavy atom. The lowest BCUT2D eigenvalue weighted by molar-refractivity contribution is 0.466. The number of nitriles is 1. The van der Waals surface area contributed by atoms with E-state index in [1.807, 2.05) is 6.07 Å². The molecule has 0 amide bonds. The van der Waals surface area contributed by atoms with E-state index in [4.69, 9.17) is 9.68 Å². The molecule has 3 nitrogen and oxygen atoms in total. The number of halogens is 2. The van der Waals surface area contributed by atoms with Crippen LogP contribution >= 0.6 is 31.9 Å². The van der Waals surface area contributed by atoms with E-state index < -0.39 is 0 Å². The third-order valence-electron chi connectivity index (χ3n) is 1.41. The molecule has 0 unspecified atom stereocenters. The van der Waals surface area contributed by atoms with Crippen molar-refractivity contribution in [3.8, 4) is 6.07 Å². The summed E-state index contributed by atoms with van der Waals surface area (Å²) in [7, 11) is 0. The SMILES string of the molecule is N#CCCNCc1cc(Br)c(Br)o1. The zero-order chi connectivity index (χ0) is 9.68. The second-order valence-corrected chi connectivity index (χ2v) is 3.99. The van der Waals surface area contributed by atoms with Crippen molar-refractivity contribution < 1.29 is 4.42 Å². The Labute approximate surface area is 93.4 Å². The standard InChI is InChI=1S/C8H8Br2N2O/c9-7-4-6(13-8(7)10)5-12-3-1-2-11/h4,12H,1,3,5H2. The van der Waals surface area contributed by atoms with Gasteiger partial charge < -0.3 is 9.73 Å². The van der Waals surface area contributed by atoms with E-state index in [0.717, 1.165) is 10.2 Å². The number of nitrogens with one attached hydrogen (secondary N) is 1. The van der Waals surface area contributed by atoms with Gasteiger partial charge in [0.2, 0.25) is 0 Å². The highest BCUT2D eigenvalue weighted by Crippen LogP contribution is 2.26. The van der Waals surface area contributed by atoms with Crippen molar-refractivity contribution in [1.29, 1.82) is 5.26 Å². The molecule has 70 valence electrons. The molecule has 0 saturated carbocycles. The summed E-state index contributed by atoms with van der Waals surface area (Å²) in [6.07, 6.45) is 0.517. The van der Waals surface area contributed by atoms with Crippen molar-refractivity contribution in [3.05, 3.63) is 21.0 Å². The molecule has 1 aromatic heterocycles. The van der Waals surface area contributed by atoms with Crippen LogP contribution in [0.1, 0.15) is 12.2 Å². The van der Waals surface area contributed by atoms with Crippen LogP contribution in [0.2, 0.25) is 0 Å². The summed E-state index contributed by atoms with van der Waals surface area (Å²) in [5, 5.41) is 11.4. The maximum atomic E-state index is 8.28. The van der Waals surface area contributed by atoms with E-state index in [2.05, 4.69) is 43.2 Å². The smallest absolute Gasteiger partial charge is 0.183 e. The molecule has 0 radical (unpaired) electrons. The van der Waals surface area contributed by atoms with Crippen molar-refractivity contribution in [1.82, 2.24) is 5.32 Å². The van der Waals surface area contributed by atoms with Crippen molar-refractivity contribution in [2.45, 2.75) is 13.0 Å². The molecular weight excluding hydrogens is 300 g/mol. The second kappa shape index (κ2) is 5.43. The minimum atomic E-state index is 0.517. The Morgan fingerprint density at radius 2 is 2.31 bits per heavy atom. The van der Waals surface area contributed by atoms with Gasteiger partial charge in [-0.05, 0) is 37.9 Å². The van der Waals surface area contributed by atoms with Gasteiger partial charge in [-0.1, -0.05) is 0 Å². The maximum Gasteiger partial charge on any atom is 0.183 e. The summed E-state index contributed by atoms with van der Waals surface area (Å²) in [6, 6.07) is 3.95.